The van der Waals surface area contributed by atoms with Crippen molar-refractivity contribution in [2.75, 3.05) is 0 Å². The van der Waals surface area contributed by atoms with Crippen molar-refractivity contribution in [1.82, 2.24) is 0 Å². The minimum atomic E-state index is -1.35. The van der Waals surface area contributed by atoms with Gasteiger partial charge >= 0.3 is 0 Å². The fraction of sp³-hybridized carbons (Fsp3) is 0.533. The van der Waals surface area contributed by atoms with Crippen molar-refractivity contribution in [3.8, 4) is 0 Å². The van der Waals surface area contributed by atoms with Gasteiger partial charge in [-0.1, -0.05) is 26.5 Å². The Bertz CT molecular complexity index is 474. The molecule has 0 aromatic rings. The van der Waals surface area contributed by atoms with Crippen molar-refractivity contribution in [3.05, 3.63) is 36.0 Å². The van der Waals surface area contributed by atoms with Crippen molar-refractivity contribution in [2.24, 2.45) is 11.3 Å². The van der Waals surface area contributed by atoms with E-state index in [2.05, 4.69) is 6.58 Å². The predicted molar refractivity (Wildman–Crippen MR) is 69.9 cm³/mol. The highest BCUT2D eigenvalue weighted by molar-refractivity contribution is 5.94. The molecule has 0 saturated heterocycles. The molecule has 2 aliphatic rings. The maximum absolute atomic E-state index is 11.8. The third-order valence-corrected chi connectivity index (χ3v) is 4.67. The molecule has 4 atom stereocenters. The zero-order valence-electron chi connectivity index (χ0n) is 11.1. The molecule has 0 amide bonds. The molecule has 0 fully saturated rings. The molecular weight excluding hydrogens is 228 g/mol. The van der Waals surface area contributed by atoms with Crippen molar-refractivity contribution >= 4 is 5.78 Å². The van der Waals surface area contributed by atoms with Gasteiger partial charge in [0.2, 0.25) is 0 Å². The van der Waals surface area contributed by atoms with Crippen molar-refractivity contribution in [3.63, 3.8) is 0 Å². The summed E-state index contributed by atoms with van der Waals surface area (Å²) < 4.78 is 0. The second-order valence-electron chi connectivity index (χ2n) is 5.82. The van der Waals surface area contributed by atoms with Crippen LogP contribution in [-0.4, -0.2) is 27.7 Å². The van der Waals surface area contributed by atoms with E-state index in [4.69, 9.17) is 0 Å². The molecule has 98 valence electrons. The molecule has 0 bridgehead atoms. The summed E-state index contributed by atoms with van der Waals surface area (Å²) in [6, 6.07) is 0. The number of carbonyl (C=O) groups excluding carboxylic acids is 1. The topological polar surface area (TPSA) is 57.5 Å². The van der Waals surface area contributed by atoms with Crippen molar-refractivity contribution < 1.29 is 15.0 Å². The van der Waals surface area contributed by atoms with Crippen LogP contribution < -0.4 is 0 Å². The molecule has 0 radical (unpaired) electrons. The minimum Gasteiger partial charge on any atom is -0.386 e. The van der Waals surface area contributed by atoms with Gasteiger partial charge in [0.05, 0.1) is 0 Å². The lowest BCUT2D eigenvalue weighted by atomic mass is 9.57. The molecule has 2 aliphatic carbocycles. The van der Waals surface area contributed by atoms with E-state index < -0.39 is 17.1 Å². The van der Waals surface area contributed by atoms with E-state index in [9.17, 15) is 15.0 Å². The number of fused-ring (bicyclic) bond motifs is 1. The van der Waals surface area contributed by atoms with Crippen LogP contribution in [0.4, 0.5) is 0 Å². The standard InChI is InChI=1S/C15H20O3/c1-9(2)15(18)8-14(4)10(3)12(16)6-5-11(14)7-13(15)17/h5-7,10,13,17-18H,1,8H2,2-4H3/t10-,13+,14+,15+/m0/s1. The van der Waals surface area contributed by atoms with Gasteiger partial charge in [0.1, 0.15) is 11.7 Å². The van der Waals surface area contributed by atoms with E-state index in [0.717, 1.165) is 5.57 Å². The minimum absolute atomic E-state index is 0.0649. The molecule has 0 unspecified atom stereocenters. The number of aliphatic hydroxyl groups excluding tert-OH is 1. The molecule has 2 N–H and O–H groups in total. The van der Waals surface area contributed by atoms with Crippen LogP contribution in [0.2, 0.25) is 0 Å². The lowest BCUT2D eigenvalue weighted by molar-refractivity contribution is -0.124. The van der Waals surface area contributed by atoms with Crippen LogP contribution in [0.25, 0.3) is 0 Å². The van der Waals surface area contributed by atoms with Gasteiger partial charge in [-0.3, -0.25) is 4.79 Å². The van der Waals surface area contributed by atoms with Gasteiger partial charge in [0, 0.05) is 11.3 Å². The summed E-state index contributed by atoms with van der Waals surface area (Å²) >= 11 is 0. The first-order valence-electron chi connectivity index (χ1n) is 6.22. The summed E-state index contributed by atoms with van der Waals surface area (Å²) in [5, 5.41) is 20.7. The van der Waals surface area contributed by atoms with Gasteiger partial charge < -0.3 is 10.2 Å². The molecular formula is C15H20O3. The Hall–Kier alpha value is -1.19. The average Bonchev–Trinajstić information content (AvgIpc) is 2.28. The molecule has 0 heterocycles. The van der Waals surface area contributed by atoms with Crippen LogP contribution in [-0.2, 0) is 4.79 Å². The van der Waals surface area contributed by atoms with E-state index in [1.807, 2.05) is 13.8 Å². The zero-order valence-corrected chi connectivity index (χ0v) is 11.1. The van der Waals surface area contributed by atoms with E-state index in [1.54, 1.807) is 25.2 Å². The summed E-state index contributed by atoms with van der Waals surface area (Å²) in [5.41, 5.74) is -0.342. The normalized spacial score (nSPS) is 43.4. The van der Waals surface area contributed by atoms with Crippen molar-refractivity contribution in [2.45, 2.75) is 38.9 Å². The van der Waals surface area contributed by atoms with Crippen LogP contribution in [0.5, 0.6) is 0 Å². The molecule has 0 aromatic carbocycles. The van der Waals surface area contributed by atoms with Crippen LogP contribution in [0.3, 0.4) is 0 Å². The van der Waals surface area contributed by atoms with Gasteiger partial charge in [-0.25, -0.2) is 0 Å². The van der Waals surface area contributed by atoms with Crippen LogP contribution in [0.15, 0.2) is 36.0 Å². The average molecular weight is 248 g/mol. The Morgan fingerprint density at radius 2 is 2.11 bits per heavy atom. The second-order valence-corrected chi connectivity index (χ2v) is 5.82. The maximum Gasteiger partial charge on any atom is 0.159 e. The zero-order chi connectivity index (χ0) is 13.7. The smallest absolute Gasteiger partial charge is 0.159 e. The lowest BCUT2D eigenvalue weighted by Gasteiger charge is -2.49. The third kappa shape index (κ3) is 1.62. The highest BCUT2D eigenvalue weighted by atomic mass is 16.3. The summed E-state index contributed by atoms with van der Waals surface area (Å²) in [6.45, 7) is 9.31. The van der Waals surface area contributed by atoms with Gasteiger partial charge in [-0.05, 0) is 36.6 Å². The number of carbonyl (C=O) groups is 1. The Labute approximate surface area is 108 Å². The van der Waals surface area contributed by atoms with Gasteiger partial charge in [0.25, 0.3) is 0 Å². The Balaban J connectivity index is 2.55. The van der Waals surface area contributed by atoms with E-state index in [-0.39, 0.29) is 11.7 Å². The number of allylic oxidation sites excluding steroid dienone is 3. The number of ketones is 1. The van der Waals surface area contributed by atoms with Crippen molar-refractivity contribution in [1.29, 1.82) is 0 Å². The summed E-state index contributed by atoms with van der Waals surface area (Å²) in [5.74, 6) is -0.137. The highest BCUT2D eigenvalue weighted by Gasteiger charge is 2.51. The fourth-order valence-electron chi connectivity index (χ4n) is 2.95. The van der Waals surface area contributed by atoms with Crippen LogP contribution in [0, 0.1) is 11.3 Å². The lowest BCUT2D eigenvalue weighted by Crippen LogP contribution is -2.53. The number of aliphatic hydroxyl groups is 2. The molecule has 3 heteroatoms. The van der Waals surface area contributed by atoms with Crippen LogP contribution >= 0.6 is 0 Å². The summed E-state index contributed by atoms with van der Waals surface area (Å²) in [4.78, 5) is 11.8. The number of rotatable bonds is 1. The monoisotopic (exact) mass is 248 g/mol. The highest BCUT2D eigenvalue weighted by Crippen LogP contribution is 2.51. The Kier molecular flexibility index (Phi) is 2.87. The second kappa shape index (κ2) is 3.90. The number of hydrogen-bond acceptors (Lipinski definition) is 3. The third-order valence-electron chi connectivity index (χ3n) is 4.67. The SMILES string of the molecule is C=C(C)[C@]1(O)C[C@@]2(C)C(=C[C@H]1O)C=CC(=O)[C@@H]2C. The molecule has 2 rings (SSSR count). The fourth-order valence-corrected chi connectivity index (χ4v) is 2.95. The Morgan fingerprint density at radius 3 is 2.67 bits per heavy atom. The molecule has 0 aliphatic heterocycles. The Morgan fingerprint density at radius 1 is 1.50 bits per heavy atom. The first kappa shape index (κ1) is 13.2. The molecule has 0 saturated carbocycles. The first-order valence-corrected chi connectivity index (χ1v) is 6.22. The molecule has 18 heavy (non-hydrogen) atoms. The first-order chi connectivity index (χ1) is 8.21. The largest absolute Gasteiger partial charge is 0.386 e. The van der Waals surface area contributed by atoms with E-state index in [1.165, 1.54) is 0 Å². The van der Waals surface area contributed by atoms with Gasteiger partial charge in [-0.15, -0.1) is 0 Å². The van der Waals surface area contributed by atoms with E-state index >= 15 is 0 Å². The van der Waals surface area contributed by atoms with Crippen LogP contribution in [0.1, 0.15) is 27.2 Å². The molecule has 0 aromatic heterocycles. The van der Waals surface area contributed by atoms with Gasteiger partial charge in [-0.2, -0.15) is 0 Å². The predicted octanol–water partition coefficient (Wildman–Crippen LogP) is 1.77. The van der Waals surface area contributed by atoms with E-state index in [0.29, 0.717) is 12.0 Å². The molecule has 0 spiro atoms. The summed E-state index contributed by atoms with van der Waals surface area (Å²) in [6.07, 6.45) is 4.31. The summed E-state index contributed by atoms with van der Waals surface area (Å²) in [7, 11) is 0. The maximum atomic E-state index is 11.8. The quantitative estimate of drug-likeness (QED) is 0.695. The number of hydrogen-bond donors (Lipinski definition) is 2. The van der Waals surface area contributed by atoms with Gasteiger partial charge in [0.15, 0.2) is 5.78 Å². The molecule has 3 nitrogen and oxygen atoms in total.